The number of carbonyl (C=O) groups excluding carboxylic acids is 2. The maximum Gasteiger partial charge on any atom is 0.264 e. The number of nitrogens with zero attached hydrogens (tertiary/aromatic N) is 2. The molecule has 1 aromatic heterocycles. The van der Waals surface area contributed by atoms with Gasteiger partial charge in [-0.05, 0) is 43.2 Å². The number of benzene rings is 2. The van der Waals surface area contributed by atoms with Crippen molar-refractivity contribution >= 4 is 17.4 Å². The standard InChI is InChI=1S/C24H22N2O3/c1-16-7-8-17(2)19(13-16)15-26-21-6-4-3-5-20(21)24(29,23(26)28)14-22(27)18-9-11-25-12-10-18/h3-13,29H,14-15H2,1-2H3/t24-/m0/s1. The van der Waals surface area contributed by atoms with Gasteiger partial charge < -0.3 is 10.0 Å². The fourth-order valence-corrected chi connectivity index (χ4v) is 3.85. The molecule has 1 amide bonds. The maximum atomic E-state index is 13.4. The third-order valence-electron chi connectivity index (χ3n) is 5.49. The summed E-state index contributed by atoms with van der Waals surface area (Å²) in [7, 11) is 0. The van der Waals surface area contributed by atoms with Crippen LogP contribution < -0.4 is 4.90 Å². The summed E-state index contributed by atoms with van der Waals surface area (Å²) >= 11 is 0. The van der Waals surface area contributed by atoms with Gasteiger partial charge in [-0.1, -0.05) is 42.0 Å². The first-order valence-corrected chi connectivity index (χ1v) is 9.53. The minimum atomic E-state index is -1.88. The zero-order chi connectivity index (χ0) is 20.6. The van der Waals surface area contributed by atoms with E-state index in [4.69, 9.17) is 0 Å². The first-order chi connectivity index (χ1) is 13.9. The lowest BCUT2D eigenvalue weighted by molar-refractivity contribution is -0.136. The highest BCUT2D eigenvalue weighted by molar-refractivity contribution is 6.10. The van der Waals surface area contributed by atoms with Gasteiger partial charge >= 0.3 is 0 Å². The Hall–Kier alpha value is -3.31. The molecular weight excluding hydrogens is 364 g/mol. The average Bonchev–Trinajstić information content (AvgIpc) is 2.93. The van der Waals surface area contributed by atoms with Crippen LogP contribution in [0.25, 0.3) is 0 Å². The second-order valence-corrected chi connectivity index (χ2v) is 7.53. The predicted octanol–water partition coefficient (Wildman–Crippen LogP) is 3.71. The average molecular weight is 386 g/mol. The van der Waals surface area contributed by atoms with Gasteiger partial charge in [0.2, 0.25) is 0 Å². The zero-order valence-electron chi connectivity index (χ0n) is 16.4. The zero-order valence-corrected chi connectivity index (χ0v) is 16.4. The number of para-hydroxylation sites is 1. The molecule has 1 aliphatic rings. The molecule has 2 aromatic carbocycles. The van der Waals surface area contributed by atoms with E-state index >= 15 is 0 Å². The van der Waals surface area contributed by atoms with Crippen LogP contribution in [0.3, 0.4) is 0 Å². The summed E-state index contributed by atoms with van der Waals surface area (Å²) < 4.78 is 0. The van der Waals surface area contributed by atoms with Crippen molar-refractivity contribution in [3.8, 4) is 0 Å². The van der Waals surface area contributed by atoms with Crippen LogP contribution in [0, 0.1) is 13.8 Å². The number of fused-ring (bicyclic) bond motifs is 1. The van der Waals surface area contributed by atoms with E-state index in [-0.39, 0.29) is 12.2 Å². The highest BCUT2D eigenvalue weighted by atomic mass is 16.3. The molecular formula is C24H22N2O3. The molecule has 0 saturated heterocycles. The molecule has 0 aliphatic carbocycles. The first kappa shape index (κ1) is 19.0. The van der Waals surface area contributed by atoms with E-state index in [1.165, 1.54) is 12.4 Å². The van der Waals surface area contributed by atoms with E-state index < -0.39 is 11.5 Å². The second kappa shape index (κ2) is 7.26. The van der Waals surface area contributed by atoms with E-state index in [2.05, 4.69) is 4.98 Å². The summed E-state index contributed by atoms with van der Waals surface area (Å²) in [5.41, 5.74) is 2.85. The number of pyridine rings is 1. The molecule has 0 bridgehead atoms. The molecule has 0 spiro atoms. The lowest BCUT2D eigenvalue weighted by atomic mass is 9.88. The van der Waals surface area contributed by atoms with E-state index in [1.54, 1.807) is 29.2 Å². The molecule has 4 rings (SSSR count). The van der Waals surface area contributed by atoms with Gasteiger partial charge in [0, 0.05) is 23.5 Å². The summed E-state index contributed by atoms with van der Waals surface area (Å²) in [6.07, 6.45) is 2.74. The molecule has 1 atom stereocenters. The normalized spacial score (nSPS) is 18.0. The van der Waals surface area contributed by atoms with Crippen LogP contribution in [0.2, 0.25) is 0 Å². The molecule has 0 saturated carbocycles. The van der Waals surface area contributed by atoms with E-state index in [0.29, 0.717) is 23.4 Å². The third-order valence-corrected chi connectivity index (χ3v) is 5.49. The molecule has 146 valence electrons. The van der Waals surface area contributed by atoms with Gasteiger partial charge in [-0.15, -0.1) is 0 Å². The molecule has 3 aromatic rings. The molecule has 1 N–H and O–H groups in total. The number of carbonyl (C=O) groups is 2. The number of aromatic nitrogens is 1. The molecule has 0 unspecified atom stereocenters. The van der Waals surface area contributed by atoms with Gasteiger partial charge in [0.15, 0.2) is 11.4 Å². The number of anilines is 1. The van der Waals surface area contributed by atoms with Crippen molar-refractivity contribution in [1.29, 1.82) is 0 Å². The maximum absolute atomic E-state index is 13.4. The second-order valence-electron chi connectivity index (χ2n) is 7.53. The van der Waals surface area contributed by atoms with Crippen molar-refractivity contribution in [3.63, 3.8) is 0 Å². The van der Waals surface area contributed by atoms with Crippen molar-refractivity contribution in [2.75, 3.05) is 4.90 Å². The molecule has 0 fully saturated rings. The fraction of sp³-hybridized carbons (Fsp3) is 0.208. The molecule has 0 radical (unpaired) electrons. The molecule has 1 aliphatic heterocycles. The summed E-state index contributed by atoms with van der Waals surface area (Å²) in [5.74, 6) is -0.770. The smallest absolute Gasteiger partial charge is 0.264 e. The predicted molar refractivity (Wildman–Crippen MR) is 111 cm³/mol. The Kier molecular flexibility index (Phi) is 4.76. The van der Waals surface area contributed by atoms with Gasteiger partial charge in [0.25, 0.3) is 5.91 Å². The highest BCUT2D eigenvalue weighted by Crippen LogP contribution is 2.43. The van der Waals surface area contributed by atoms with E-state index in [1.807, 2.05) is 44.2 Å². The largest absolute Gasteiger partial charge is 0.375 e. The number of Topliss-reactive ketones (excluding diaryl/α,β-unsaturated/α-hetero) is 1. The number of hydrogen-bond acceptors (Lipinski definition) is 4. The van der Waals surface area contributed by atoms with Crippen molar-refractivity contribution in [3.05, 3.63) is 94.8 Å². The van der Waals surface area contributed by atoms with Gasteiger partial charge in [-0.2, -0.15) is 0 Å². The Morgan fingerprint density at radius 1 is 1.07 bits per heavy atom. The summed E-state index contributed by atoms with van der Waals surface area (Å²) in [6.45, 7) is 4.35. The number of aliphatic hydroxyl groups is 1. The first-order valence-electron chi connectivity index (χ1n) is 9.53. The summed E-state index contributed by atoms with van der Waals surface area (Å²) in [4.78, 5) is 31.6. The topological polar surface area (TPSA) is 70.5 Å². The number of hydrogen-bond donors (Lipinski definition) is 1. The molecule has 5 heteroatoms. The van der Waals surface area contributed by atoms with Crippen LogP contribution in [0.1, 0.15) is 39.0 Å². The SMILES string of the molecule is Cc1ccc(C)c(CN2C(=O)[C@](O)(CC(=O)c3ccncc3)c3ccccc32)c1. The summed E-state index contributed by atoms with van der Waals surface area (Å²) in [6, 6.07) is 16.4. The van der Waals surface area contributed by atoms with Gasteiger partial charge in [-0.25, -0.2) is 0 Å². The van der Waals surface area contributed by atoms with Crippen LogP contribution >= 0.6 is 0 Å². The van der Waals surface area contributed by atoms with Crippen molar-refractivity contribution in [2.24, 2.45) is 0 Å². The van der Waals surface area contributed by atoms with Crippen molar-refractivity contribution < 1.29 is 14.7 Å². The van der Waals surface area contributed by atoms with Crippen LogP contribution in [0.15, 0.2) is 67.0 Å². The third kappa shape index (κ3) is 3.34. The number of aryl methyl sites for hydroxylation is 2. The molecule has 5 nitrogen and oxygen atoms in total. The van der Waals surface area contributed by atoms with Gasteiger partial charge in [0.05, 0.1) is 18.7 Å². The number of ketones is 1. The van der Waals surface area contributed by atoms with Crippen molar-refractivity contribution in [2.45, 2.75) is 32.4 Å². The van der Waals surface area contributed by atoms with Crippen LogP contribution in [0.4, 0.5) is 5.69 Å². The van der Waals surface area contributed by atoms with Crippen molar-refractivity contribution in [1.82, 2.24) is 4.98 Å². The Labute approximate surface area is 169 Å². The molecule has 29 heavy (non-hydrogen) atoms. The molecule has 2 heterocycles. The number of rotatable bonds is 5. The Balaban J connectivity index is 1.71. The van der Waals surface area contributed by atoms with E-state index in [9.17, 15) is 14.7 Å². The Morgan fingerprint density at radius 3 is 2.55 bits per heavy atom. The quantitative estimate of drug-likeness (QED) is 0.679. The summed E-state index contributed by atoms with van der Waals surface area (Å²) in [5, 5.41) is 11.4. The minimum Gasteiger partial charge on any atom is -0.375 e. The van der Waals surface area contributed by atoms with Gasteiger partial charge in [-0.3, -0.25) is 14.6 Å². The fourth-order valence-electron chi connectivity index (χ4n) is 3.85. The Bertz CT molecular complexity index is 1090. The van der Waals surface area contributed by atoms with Crippen LogP contribution in [-0.4, -0.2) is 21.8 Å². The lowest BCUT2D eigenvalue weighted by Crippen LogP contribution is -2.41. The lowest BCUT2D eigenvalue weighted by Gasteiger charge is -2.23. The van der Waals surface area contributed by atoms with Gasteiger partial charge in [0.1, 0.15) is 0 Å². The number of amides is 1. The van der Waals surface area contributed by atoms with Crippen LogP contribution in [0.5, 0.6) is 0 Å². The monoisotopic (exact) mass is 386 g/mol. The highest BCUT2D eigenvalue weighted by Gasteiger charge is 2.50. The van der Waals surface area contributed by atoms with E-state index in [0.717, 1.165) is 16.7 Å². The van der Waals surface area contributed by atoms with Crippen LogP contribution in [-0.2, 0) is 16.9 Å². The minimum absolute atomic E-state index is 0.299. The Morgan fingerprint density at radius 2 is 1.79 bits per heavy atom.